The Hall–Kier alpha value is -5.35. The van der Waals surface area contributed by atoms with Crippen LogP contribution in [0.5, 0.6) is 5.75 Å². The number of methoxy groups -OCH3 is 1. The van der Waals surface area contributed by atoms with Crippen LogP contribution < -0.4 is 21.1 Å². The number of anilines is 2. The van der Waals surface area contributed by atoms with Gasteiger partial charge in [0.05, 0.1) is 12.8 Å². The number of rotatable bonds is 9. The Morgan fingerprint density at radius 3 is 2.70 bits per heavy atom. The molecule has 4 heterocycles. The van der Waals surface area contributed by atoms with Gasteiger partial charge in [0.25, 0.3) is 5.91 Å². The van der Waals surface area contributed by atoms with E-state index in [9.17, 15) is 9.59 Å². The summed E-state index contributed by atoms with van der Waals surface area (Å²) in [6, 6.07) is 19.4. The van der Waals surface area contributed by atoms with Gasteiger partial charge in [0, 0.05) is 83.3 Å². The number of nitrogen functional groups attached to an aromatic ring is 1. The molecule has 0 aliphatic carbocycles. The molecule has 0 saturated heterocycles. The van der Waals surface area contributed by atoms with Gasteiger partial charge in [-0.3, -0.25) is 9.59 Å². The number of para-hydroxylation sites is 1. The third-order valence-corrected chi connectivity index (χ3v) is 8.77. The van der Waals surface area contributed by atoms with Crippen LogP contribution >= 0.6 is 11.3 Å². The molecule has 4 aromatic heterocycles. The summed E-state index contributed by atoms with van der Waals surface area (Å²) in [5.41, 5.74) is 12.2. The Labute approximate surface area is 258 Å². The molecule has 9 nitrogen and oxygen atoms in total. The van der Waals surface area contributed by atoms with Gasteiger partial charge < -0.3 is 30.2 Å². The van der Waals surface area contributed by atoms with Crippen molar-refractivity contribution in [3.8, 4) is 16.9 Å². The maximum absolute atomic E-state index is 13.2. The summed E-state index contributed by atoms with van der Waals surface area (Å²) < 4.78 is 10.5. The first-order valence-electron chi connectivity index (χ1n) is 14.1. The van der Waals surface area contributed by atoms with E-state index in [0.717, 1.165) is 49.8 Å². The van der Waals surface area contributed by atoms with Crippen molar-refractivity contribution >= 4 is 61.7 Å². The van der Waals surface area contributed by atoms with Crippen molar-refractivity contribution in [1.29, 1.82) is 0 Å². The molecular weight excluding hydrogens is 572 g/mol. The quantitative estimate of drug-likeness (QED) is 0.175. The third-order valence-electron chi connectivity index (χ3n) is 7.74. The highest BCUT2D eigenvalue weighted by Crippen LogP contribution is 2.41. The SMILES string of the molecule is COc1cc(-c2csc3c(/C=C/C(=O)NCCc4cccn4C)cnc(N)c23)ccc1NC(=O)c1cc2ccccc2n1C. The maximum atomic E-state index is 13.2. The molecule has 0 fully saturated rings. The van der Waals surface area contributed by atoms with Gasteiger partial charge in [-0.15, -0.1) is 11.3 Å². The summed E-state index contributed by atoms with van der Waals surface area (Å²) in [5.74, 6) is 0.507. The van der Waals surface area contributed by atoms with Gasteiger partial charge in [0.2, 0.25) is 5.91 Å². The number of hydrogen-bond acceptors (Lipinski definition) is 6. The fourth-order valence-electron chi connectivity index (χ4n) is 5.37. The van der Waals surface area contributed by atoms with Gasteiger partial charge in [0.1, 0.15) is 17.3 Å². The van der Waals surface area contributed by atoms with Crippen LogP contribution in [0, 0.1) is 0 Å². The minimum Gasteiger partial charge on any atom is -0.495 e. The number of nitrogens with one attached hydrogen (secondary N) is 2. The molecule has 0 spiro atoms. The Kier molecular flexibility index (Phi) is 7.91. The molecule has 4 N–H and O–H groups in total. The molecule has 6 rings (SSSR count). The van der Waals surface area contributed by atoms with E-state index >= 15 is 0 Å². The Morgan fingerprint density at radius 1 is 1.09 bits per heavy atom. The highest BCUT2D eigenvalue weighted by Gasteiger charge is 2.18. The van der Waals surface area contributed by atoms with Crippen molar-refractivity contribution in [1.82, 2.24) is 19.4 Å². The number of benzene rings is 2. The molecule has 0 unspecified atom stereocenters. The predicted molar refractivity (Wildman–Crippen MR) is 178 cm³/mol. The molecule has 44 heavy (non-hydrogen) atoms. The van der Waals surface area contributed by atoms with E-state index in [1.165, 1.54) is 17.4 Å². The Balaban J connectivity index is 1.21. The average molecular weight is 605 g/mol. The van der Waals surface area contributed by atoms with Gasteiger partial charge in [-0.1, -0.05) is 24.3 Å². The number of thiophene rings is 1. The number of nitrogens with two attached hydrogens (primary N) is 1. The highest BCUT2D eigenvalue weighted by molar-refractivity contribution is 7.18. The molecule has 6 aromatic rings. The molecule has 0 aliphatic rings. The summed E-state index contributed by atoms with van der Waals surface area (Å²) in [4.78, 5) is 30.1. The predicted octanol–water partition coefficient (Wildman–Crippen LogP) is 6.01. The van der Waals surface area contributed by atoms with E-state index in [2.05, 4.69) is 15.6 Å². The van der Waals surface area contributed by atoms with Crippen LogP contribution in [0.2, 0.25) is 0 Å². The number of carbonyl (C=O) groups excluding carboxylic acids is 2. The molecular formula is C34H32N6O3S. The number of fused-ring (bicyclic) bond motifs is 2. The number of amides is 2. The van der Waals surface area contributed by atoms with Crippen LogP contribution in [-0.4, -0.2) is 39.6 Å². The number of hydrogen-bond donors (Lipinski definition) is 3. The molecule has 10 heteroatoms. The van der Waals surface area contributed by atoms with Gasteiger partial charge in [0.15, 0.2) is 0 Å². The van der Waals surface area contributed by atoms with Crippen molar-refractivity contribution in [3.63, 3.8) is 0 Å². The molecule has 0 atom stereocenters. The first-order chi connectivity index (χ1) is 21.3. The summed E-state index contributed by atoms with van der Waals surface area (Å²) in [6.07, 6.45) is 7.70. The second-order valence-electron chi connectivity index (χ2n) is 10.5. The van der Waals surface area contributed by atoms with Gasteiger partial charge in [-0.25, -0.2) is 4.98 Å². The van der Waals surface area contributed by atoms with Crippen molar-refractivity contribution in [3.05, 3.63) is 101 Å². The number of nitrogens with zero attached hydrogens (tertiary/aromatic N) is 3. The highest BCUT2D eigenvalue weighted by atomic mass is 32.1. The van der Waals surface area contributed by atoms with Crippen molar-refractivity contribution in [2.45, 2.75) is 6.42 Å². The van der Waals surface area contributed by atoms with Crippen molar-refractivity contribution in [2.24, 2.45) is 14.1 Å². The van der Waals surface area contributed by atoms with Crippen LogP contribution in [0.25, 0.3) is 38.2 Å². The summed E-state index contributed by atoms with van der Waals surface area (Å²) in [5, 5.41) is 9.74. The summed E-state index contributed by atoms with van der Waals surface area (Å²) in [6.45, 7) is 0.541. The molecule has 222 valence electrons. The van der Waals surface area contributed by atoms with Crippen LogP contribution in [0.15, 0.2) is 84.5 Å². The van der Waals surface area contributed by atoms with E-state index in [0.29, 0.717) is 29.5 Å². The number of pyridine rings is 1. The molecule has 0 bridgehead atoms. The van der Waals surface area contributed by atoms with Crippen LogP contribution in [0.4, 0.5) is 11.5 Å². The zero-order valence-electron chi connectivity index (χ0n) is 24.6. The average Bonchev–Trinajstić information content (AvgIpc) is 3.75. The lowest BCUT2D eigenvalue weighted by Gasteiger charge is -2.13. The largest absolute Gasteiger partial charge is 0.495 e. The number of ether oxygens (including phenoxy) is 1. The summed E-state index contributed by atoms with van der Waals surface area (Å²) >= 11 is 1.53. The summed E-state index contributed by atoms with van der Waals surface area (Å²) in [7, 11) is 5.43. The minimum absolute atomic E-state index is 0.174. The Morgan fingerprint density at radius 2 is 1.93 bits per heavy atom. The normalized spacial score (nSPS) is 11.4. The lowest BCUT2D eigenvalue weighted by atomic mass is 10.0. The topological polar surface area (TPSA) is 116 Å². The maximum Gasteiger partial charge on any atom is 0.272 e. The third kappa shape index (κ3) is 5.55. The molecule has 2 amide bonds. The number of aryl methyl sites for hydroxylation is 2. The zero-order valence-corrected chi connectivity index (χ0v) is 25.4. The van der Waals surface area contributed by atoms with Gasteiger partial charge >= 0.3 is 0 Å². The van der Waals surface area contributed by atoms with E-state index in [4.69, 9.17) is 10.5 Å². The van der Waals surface area contributed by atoms with E-state index in [-0.39, 0.29) is 11.8 Å². The Bertz CT molecular complexity index is 2050. The first kappa shape index (κ1) is 28.8. The van der Waals surface area contributed by atoms with Crippen LogP contribution in [0.1, 0.15) is 21.7 Å². The monoisotopic (exact) mass is 604 g/mol. The number of aromatic nitrogens is 3. The molecule has 2 aromatic carbocycles. The zero-order chi connectivity index (χ0) is 30.8. The van der Waals surface area contributed by atoms with Crippen molar-refractivity contribution in [2.75, 3.05) is 24.7 Å². The number of carbonyl (C=O) groups is 2. The van der Waals surface area contributed by atoms with Crippen LogP contribution in [-0.2, 0) is 25.3 Å². The smallest absolute Gasteiger partial charge is 0.272 e. The lowest BCUT2D eigenvalue weighted by Crippen LogP contribution is -2.24. The molecule has 0 aliphatic heterocycles. The minimum atomic E-state index is -0.232. The van der Waals surface area contributed by atoms with E-state index in [1.54, 1.807) is 19.4 Å². The van der Waals surface area contributed by atoms with Crippen molar-refractivity contribution < 1.29 is 14.3 Å². The molecule has 0 saturated carbocycles. The van der Waals surface area contributed by atoms with E-state index in [1.807, 2.05) is 95.5 Å². The first-order valence-corrected chi connectivity index (χ1v) is 15.0. The van der Waals surface area contributed by atoms with E-state index < -0.39 is 0 Å². The van der Waals surface area contributed by atoms with Gasteiger partial charge in [-0.2, -0.15) is 0 Å². The second kappa shape index (κ2) is 12.1. The second-order valence-corrected chi connectivity index (χ2v) is 11.3. The molecule has 0 radical (unpaired) electrons. The fourth-order valence-corrected chi connectivity index (χ4v) is 6.45. The van der Waals surface area contributed by atoms with Gasteiger partial charge in [-0.05, 0) is 53.4 Å². The standard InChI is InChI=1S/C34H32N6O3S/c1-39-16-6-8-24(39)14-15-36-30(41)13-11-23-19-37-33(35)31-25(20-44-32(23)31)21-10-12-26(29(18-21)43-3)38-34(42)28-17-22-7-4-5-9-27(22)40(28)2/h4-13,16-20H,14-15H2,1-3H3,(H2,35,37)(H,36,41)(H,38,42)/b13-11+. The lowest BCUT2D eigenvalue weighted by molar-refractivity contribution is -0.116. The van der Waals surface area contributed by atoms with Crippen LogP contribution in [0.3, 0.4) is 0 Å². The fraction of sp³-hybridized carbons (Fsp3) is 0.147.